The van der Waals surface area contributed by atoms with Crippen LogP contribution in [0.2, 0.25) is 0 Å². The summed E-state index contributed by atoms with van der Waals surface area (Å²) >= 11 is 0. The first-order valence-electron chi connectivity index (χ1n) is 9.47. The van der Waals surface area contributed by atoms with Gasteiger partial charge in [-0.2, -0.15) is 0 Å². The van der Waals surface area contributed by atoms with Crippen molar-refractivity contribution in [3.63, 3.8) is 0 Å². The molecule has 0 aliphatic heterocycles. The topological polar surface area (TPSA) is 165 Å². The smallest absolute Gasteiger partial charge is 0.296 e. The summed E-state index contributed by atoms with van der Waals surface area (Å²) in [4.78, 5) is 23.6. The van der Waals surface area contributed by atoms with Crippen molar-refractivity contribution < 1.29 is 25.2 Å². The first-order valence-corrected chi connectivity index (χ1v) is 9.47. The number of rotatable bonds is 12. The molecule has 0 saturated heterocycles. The first-order chi connectivity index (χ1) is 14.8. The van der Waals surface area contributed by atoms with Crippen molar-refractivity contribution in [2.24, 2.45) is 0 Å². The van der Waals surface area contributed by atoms with Crippen molar-refractivity contribution in [3.05, 3.63) is 62.2 Å². The zero-order valence-corrected chi connectivity index (χ0v) is 17.0. The lowest BCUT2D eigenvalue weighted by molar-refractivity contribution is -0.384. The minimum atomic E-state index is -0.609. The monoisotopic (exact) mass is 435 g/mol. The largest absolute Gasteiger partial charge is 0.395 e. The van der Waals surface area contributed by atoms with Crippen LogP contribution in [0.5, 0.6) is 0 Å². The van der Waals surface area contributed by atoms with Crippen LogP contribution in [0, 0.1) is 27.2 Å². The standard InChI is InChI=1S/C19H25N5O7/c1-14-2-5-17(19(12-14)24(30)31)22(8-11-27)20-16-4-3-15(13-18(16)23(28)29)21(6-9-25)7-10-26/h2-5,12-13,20,25-27H,6-11H2,1H3. The summed E-state index contributed by atoms with van der Waals surface area (Å²) in [5.41, 5.74) is 3.58. The van der Waals surface area contributed by atoms with E-state index in [4.69, 9.17) is 0 Å². The van der Waals surface area contributed by atoms with Crippen LogP contribution in [0.3, 0.4) is 0 Å². The normalized spacial score (nSPS) is 10.6. The highest BCUT2D eigenvalue weighted by Crippen LogP contribution is 2.33. The second-order valence-electron chi connectivity index (χ2n) is 6.63. The average molecular weight is 435 g/mol. The molecule has 12 heteroatoms. The number of nitro groups is 2. The molecule has 0 bridgehead atoms. The maximum absolute atomic E-state index is 11.7. The summed E-state index contributed by atoms with van der Waals surface area (Å²) in [5.74, 6) is 0. The molecule has 0 aliphatic carbocycles. The second kappa shape index (κ2) is 11.1. The van der Waals surface area contributed by atoms with Gasteiger partial charge in [-0.15, -0.1) is 0 Å². The van der Waals surface area contributed by atoms with Gasteiger partial charge in [-0.25, -0.2) is 0 Å². The molecule has 0 saturated carbocycles. The van der Waals surface area contributed by atoms with Crippen LogP contribution in [0.15, 0.2) is 36.4 Å². The fourth-order valence-corrected chi connectivity index (χ4v) is 3.06. The Kier molecular flexibility index (Phi) is 8.49. The van der Waals surface area contributed by atoms with Crippen molar-refractivity contribution in [2.75, 3.05) is 54.8 Å². The summed E-state index contributed by atoms with van der Waals surface area (Å²) in [6.07, 6.45) is 0. The number of aryl methyl sites for hydroxylation is 1. The summed E-state index contributed by atoms with van der Waals surface area (Å²) in [7, 11) is 0. The minimum Gasteiger partial charge on any atom is -0.395 e. The lowest BCUT2D eigenvalue weighted by Gasteiger charge is -2.26. The molecule has 2 rings (SSSR count). The number of nitro benzene ring substituents is 2. The average Bonchev–Trinajstić information content (AvgIpc) is 2.73. The van der Waals surface area contributed by atoms with E-state index in [1.54, 1.807) is 24.0 Å². The van der Waals surface area contributed by atoms with Crippen LogP contribution < -0.4 is 15.3 Å². The predicted octanol–water partition coefficient (Wildman–Crippen LogP) is 1.43. The van der Waals surface area contributed by atoms with E-state index in [1.165, 1.54) is 29.3 Å². The summed E-state index contributed by atoms with van der Waals surface area (Å²) in [5, 5.41) is 52.3. The number of aliphatic hydroxyl groups is 3. The molecule has 0 heterocycles. The number of aliphatic hydroxyl groups excluding tert-OH is 3. The van der Waals surface area contributed by atoms with E-state index >= 15 is 0 Å². The molecular formula is C19H25N5O7. The van der Waals surface area contributed by atoms with E-state index in [0.29, 0.717) is 11.3 Å². The molecule has 2 aromatic carbocycles. The Bertz CT molecular complexity index is 919. The van der Waals surface area contributed by atoms with Crippen molar-refractivity contribution in [2.45, 2.75) is 6.92 Å². The third-order valence-electron chi connectivity index (χ3n) is 4.48. The number of nitrogens with zero attached hydrogens (tertiary/aromatic N) is 4. The van der Waals surface area contributed by atoms with E-state index in [2.05, 4.69) is 5.43 Å². The quantitative estimate of drug-likeness (QED) is 0.283. The fraction of sp³-hybridized carbons (Fsp3) is 0.368. The number of nitrogens with one attached hydrogen (secondary N) is 1. The van der Waals surface area contributed by atoms with E-state index in [-0.39, 0.29) is 62.2 Å². The van der Waals surface area contributed by atoms with Crippen LogP contribution in [-0.2, 0) is 0 Å². The summed E-state index contributed by atoms with van der Waals surface area (Å²) in [6, 6.07) is 8.82. The molecule has 168 valence electrons. The Hall–Kier alpha value is -3.48. The first kappa shape index (κ1) is 23.8. The van der Waals surface area contributed by atoms with Gasteiger partial charge >= 0.3 is 0 Å². The zero-order valence-electron chi connectivity index (χ0n) is 17.0. The van der Waals surface area contributed by atoms with Crippen LogP contribution in [-0.4, -0.2) is 64.6 Å². The van der Waals surface area contributed by atoms with E-state index < -0.39 is 9.85 Å². The van der Waals surface area contributed by atoms with Gasteiger partial charge in [0.15, 0.2) is 0 Å². The highest BCUT2D eigenvalue weighted by atomic mass is 16.6. The van der Waals surface area contributed by atoms with Crippen molar-refractivity contribution >= 4 is 28.4 Å². The SMILES string of the molecule is Cc1ccc(N(CCO)Nc2ccc(N(CCO)CCO)cc2[N+](=O)[O-])c([N+](=O)[O-])c1. The molecule has 0 fully saturated rings. The summed E-state index contributed by atoms with van der Waals surface area (Å²) < 4.78 is 0. The van der Waals surface area contributed by atoms with Crippen LogP contribution in [0.25, 0.3) is 0 Å². The third-order valence-corrected chi connectivity index (χ3v) is 4.48. The van der Waals surface area contributed by atoms with Crippen molar-refractivity contribution in [1.82, 2.24) is 0 Å². The van der Waals surface area contributed by atoms with Crippen LogP contribution >= 0.6 is 0 Å². The lowest BCUT2D eigenvalue weighted by Crippen LogP contribution is -2.33. The Morgan fingerprint density at radius 3 is 2.03 bits per heavy atom. The Morgan fingerprint density at radius 2 is 1.48 bits per heavy atom. The summed E-state index contributed by atoms with van der Waals surface area (Å²) in [6.45, 7) is 1.24. The van der Waals surface area contributed by atoms with Gasteiger partial charge in [0.05, 0.1) is 36.2 Å². The van der Waals surface area contributed by atoms with Gasteiger partial charge < -0.3 is 20.2 Å². The van der Waals surface area contributed by atoms with Crippen LogP contribution in [0.4, 0.5) is 28.4 Å². The molecule has 0 radical (unpaired) electrons. The van der Waals surface area contributed by atoms with Crippen molar-refractivity contribution in [1.29, 1.82) is 0 Å². The van der Waals surface area contributed by atoms with Crippen LogP contribution in [0.1, 0.15) is 5.56 Å². The molecule has 0 spiro atoms. The maximum Gasteiger partial charge on any atom is 0.296 e. The number of hydrogen-bond acceptors (Lipinski definition) is 10. The van der Waals surface area contributed by atoms with Gasteiger partial charge in [-0.1, -0.05) is 6.07 Å². The maximum atomic E-state index is 11.7. The van der Waals surface area contributed by atoms with Gasteiger partial charge in [-0.3, -0.25) is 30.7 Å². The molecule has 0 aliphatic rings. The van der Waals surface area contributed by atoms with E-state index in [9.17, 15) is 35.5 Å². The number of hydrazine groups is 1. The molecule has 0 aromatic heterocycles. The molecule has 0 amide bonds. The molecule has 12 nitrogen and oxygen atoms in total. The Morgan fingerprint density at radius 1 is 0.871 bits per heavy atom. The van der Waals surface area contributed by atoms with E-state index in [0.717, 1.165) is 0 Å². The lowest BCUT2D eigenvalue weighted by atomic mass is 10.2. The van der Waals surface area contributed by atoms with Gasteiger partial charge in [0, 0.05) is 30.9 Å². The second-order valence-corrected chi connectivity index (χ2v) is 6.63. The highest BCUT2D eigenvalue weighted by Gasteiger charge is 2.23. The molecule has 0 unspecified atom stereocenters. The third kappa shape index (κ3) is 6.01. The predicted molar refractivity (Wildman–Crippen MR) is 115 cm³/mol. The highest BCUT2D eigenvalue weighted by molar-refractivity contribution is 5.73. The number of benzene rings is 2. The Balaban J connectivity index is 2.46. The molecule has 31 heavy (non-hydrogen) atoms. The van der Waals surface area contributed by atoms with Gasteiger partial charge in [0.2, 0.25) is 0 Å². The molecule has 2 aromatic rings. The molecule has 4 N–H and O–H groups in total. The minimum absolute atomic E-state index is 0.0602. The van der Waals surface area contributed by atoms with Gasteiger partial charge in [-0.05, 0) is 30.7 Å². The van der Waals surface area contributed by atoms with Crippen molar-refractivity contribution in [3.8, 4) is 0 Å². The number of hydrogen-bond donors (Lipinski definition) is 4. The molecule has 0 atom stereocenters. The van der Waals surface area contributed by atoms with E-state index in [1.807, 2.05) is 0 Å². The van der Waals surface area contributed by atoms with Gasteiger partial charge in [0.1, 0.15) is 11.4 Å². The Labute approximate surface area is 178 Å². The fourth-order valence-electron chi connectivity index (χ4n) is 3.06. The molecular weight excluding hydrogens is 410 g/mol. The number of anilines is 3. The zero-order chi connectivity index (χ0) is 23.0. The van der Waals surface area contributed by atoms with Gasteiger partial charge in [0.25, 0.3) is 11.4 Å².